The van der Waals surface area contributed by atoms with Gasteiger partial charge in [0.25, 0.3) is 11.8 Å². The number of hydrogen-bond donors (Lipinski definition) is 2. The summed E-state index contributed by atoms with van der Waals surface area (Å²) in [6.07, 6.45) is 6.63. The summed E-state index contributed by atoms with van der Waals surface area (Å²) in [7, 11) is 1.51. The van der Waals surface area contributed by atoms with Crippen LogP contribution in [0, 0.1) is 22.7 Å². The van der Waals surface area contributed by atoms with Crippen molar-refractivity contribution < 1.29 is 19.2 Å². The highest BCUT2D eigenvalue weighted by molar-refractivity contribution is 6.32. The molecule has 1 unspecified atom stereocenters. The lowest BCUT2D eigenvalue weighted by Gasteiger charge is -2.40. The van der Waals surface area contributed by atoms with E-state index in [9.17, 15) is 24.4 Å². The number of likely N-dealkylation sites (tertiary alicyclic amines) is 1. The number of hydrogen-bond acceptors (Lipinski definition) is 9. The minimum absolute atomic E-state index is 0.123. The number of piperazine rings is 1. The van der Waals surface area contributed by atoms with Crippen LogP contribution < -0.4 is 25.3 Å². The van der Waals surface area contributed by atoms with Crippen molar-refractivity contribution in [2.75, 3.05) is 93.7 Å². The van der Waals surface area contributed by atoms with E-state index >= 15 is 0 Å². The van der Waals surface area contributed by atoms with Crippen LogP contribution >= 0.6 is 11.6 Å². The Morgan fingerprint density at radius 2 is 1.40 bits per heavy atom. The first-order valence-corrected chi connectivity index (χ1v) is 21.2. The number of nitrogens with zero attached hydrogens (tertiary/aromatic N) is 6. The number of anilines is 3. The molecule has 4 heterocycles. The van der Waals surface area contributed by atoms with Crippen molar-refractivity contribution in [2.24, 2.45) is 11.3 Å². The molecule has 4 aliphatic rings. The minimum atomic E-state index is -0.754. The molecule has 4 fully saturated rings. The molecule has 3 aromatic rings. The minimum Gasteiger partial charge on any atom is -0.371 e. The topological polar surface area (TPSA) is 132 Å². The third kappa shape index (κ3) is 9.59. The van der Waals surface area contributed by atoms with Gasteiger partial charge < -0.3 is 35.0 Å². The number of likely N-dealkylation sites (N-methyl/N-ethyl adjacent to an activating group) is 1. The fourth-order valence-electron chi connectivity index (χ4n) is 9.21. The van der Waals surface area contributed by atoms with Crippen LogP contribution in [0.15, 0.2) is 66.7 Å². The van der Waals surface area contributed by atoms with E-state index in [1.54, 1.807) is 12.1 Å². The highest BCUT2D eigenvalue weighted by atomic mass is 35.5. The zero-order valence-corrected chi connectivity index (χ0v) is 34.3. The van der Waals surface area contributed by atoms with Crippen molar-refractivity contribution in [1.29, 1.82) is 5.26 Å². The van der Waals surface area contributed by atoms with Crippen molar-refractivity contribution in [2.45, 2.75) is 51.0 Å². The summed E-state index contributed by atoms with van der Waals surface area (Å²) in [5, 5.41) is 15.0. The van der Waals surface area contributed by atoms with Crippen LogP contribution in [0.2, 0.25) is 5.02 Å². The molecule has 7 rings (SSSR count). The van der Waals surface area contributed by atoms with Crippen LogP contribution in [0.4, 0.5) is 17.1 Å². The smallest absolute Gasteiger partial charge is 0.253 e. The van der Waals surface area contributed by atoms with Crippen LogP contribution in [0.5, 0.6) is 0 Å². The standard InChI is InChI=1S/C45H55ClN8O4/c1-48-43(57)41(3-2-28-55)49-42(56)34-4-9-38(10-5-34)52-26-24-50(25-27-52)31-33-14-19-53(20-15-33)44(58)35-6-11-37(12-7-35)51-21-16-45(17-22-51)18-23-54(32-45)39-13-8-36(30-47)40(46)29-39/h4-13,28-29,33,41H,2-3,14-27,31-32H2,1H3,(H,48,57)(H,49,56). The summed E-state index contributed by atoms with van der Waals surface area (Å²) in [6.45, 7) is 10.3. The summed E-state index contributed by atoms with van der Waals surface area (Å²) in [4.78, 5) is 61.0. The molecule has 0 aromatic heterocycles. The lowest BCUT2D eigenvalue weighted by molar-refractivity contribution is -0.122. The van der Waals surface area contributed by atoms with Gasteiger partial charge in [0, 0.05) is 114 Å². The number of carbonyl (C=O) groups is 4. The van der Waals surface area contributed by atoms with Gasteiger partial charge in [-0.05, 0) is 117 Å². The average molecular weight is 807 g/mol. The summed E-state index contributed by atoms with van der Waals surface area (Å²) < 4.78 is 0. The summed E-state index contributed by atoms with van der Waals surface area (Å²) in [5.41, 5.74) is 5.38. The van der Waals surface area contributed by atoms with Crippen molar-refractivity contribution in [1.82, 2.24) is 20.4 Å². The lowest BCUT2D eigenvalue weighted by Crippen LogP contribution is -2.49. The predicted molar refractivity (Wildman–Crippen MR) is 228 cm³/mol. The molecule has 0 aliphatic carbocycles. The average Bonchev–Trinajstić information content (AvgIpc) is 3.68. The molecule has 0 saturated carbocycles. The van der Waals surface area contributed by atoms with Crippen molar-refractivity contribution in [3.63, 3.8) is 0 Å². The highest BCUT2D eigenvalue weighted by Crippen LogP contribution is 2.43. The Kier molecular flexibility index (Phi) is 13.2. The number of rotatable bonds is 12. The monoisotopic (exact) mass is 806 g/mol. The summed E-state index contributed by atoms with van der Waals surface area (Å²) in [6, 6.07) is 22.9. The lowest BCUT2D eigenvalue weighted by atomic mass is 9.77. The fourth-order valence-corrected chi connectivity index (χ4v) is 9.42. The van der Waals surface area contributed by atoms with Gasteiger partial charge in [0.1, 0.15) is 18.4 Å². The zero-order chi connectivity index (χ0) is 40.6. The number of halogens is 1. The molecule has 0 radical (unpaired) electrons. The van der Waals surface area contributed by atoms with Gasteiger partial charge in [-0.15, -0.1) is 0 Å². The van der Waals surface area contributed by atoms with E-state index < -0.39 is 6.04 Å². The van der Waals surface area contributed by atoms with E-state index in [0.717, 1.165) is 127 Å². The van der Waals surface area contributed by atoms with Crippen molar-refractivity contribution in [3.8, 4) is 6.07 Å². The Morgan fingerprint density at radius 3 is 1.98 bits per heavy atom. The van der Waals surface area contributed by atoms with Gasteiger partial charge >= 0.3 is 0 Å². The van der Waals surface area contributed by atoms with Crippen LogP contribution in [0.25, 0.3) is 0 Å². The normalized spacial score (nSPS) is 19.1. The SMILES string of the molecule is CNC(=O)C(CCC=O)NC(=O)c1ccc(N2CCN(CC3CCN(C(=O)c4ccc(N5CCC6(CC5)CCN(c5ccc(C#N)c(Cl)c5)C6)cc4)CC3)CC2)cc1. The maximum atomic E-state index is 13.5. The Morgan fingerprint density at radius 1 is 0.810 bits per heavy atom. The van der Waals surface area contributed by atoms with Gasteiger partial charge in [-0.25, -0.2) is 0 Å². The first kappa shape index (κ1) is 41.1. The van der Waals surface area contributed by atoms with E-state index in [4.69, 9.17) is 11.6 Å². The van der Waals surface area contributed by atoms with Gasteiger partial charge in [0.15, 0.2) is 0 Å². The van der Waals surface area contributed by atoms with Gasteiger partial charge in [-0.1, -0.05) is 11.6 Å². The predicted octanol–water partition coefficient (Wildman–Crippen LogP) is 5.21. The third-order valence-electron chi connectivity index (χ3n) is 12.9. The second-order valence-corrected chi connectivity index (χ2v) is 16.8. The first-order valence-electron chi connectivity index (χ1n) is 20.8. The molecule has 13 heteroatoms. The molecule has 1 atom stereocenters. The zero-order valence-electron chi connectivity index (χ0n) is 33.5. The number of benzene rings is 3. The molecular weight excluding hydrogens is 752 g/mol. The Hall–Kier alpha value is -5.12. The molecule has 2 N–H and O–H groups in total. The van der Waals surface area contributed by atoms with Gasteiger partial charge in [0.05, 0.1) is 10.6 Å². The molecule has 12 nitrogen and oxygen atoms in total. The number of amides is 3. The summed E-state index contributed by atoms with van der Waals surface area (Å²) >= 11 is 6.33. The van der Waals surface area contributed by atoms with Gasteiger partial charge in [-0.3, -0.25) is 19.3 Å². The van der Waals surface area contributed by atoms with Crippen LogP contribution in [-0.2, 0) is 9.59 Å². The quantitative estimate of drug-likeness (QED) is 0.237. The Labute approximate surface area is 347 Å². The number of carbonyl (C=O) groups excluding carboxylic acids is 4. The molecule has 3 amide bonds. The summed E-state index contributed by atoms with van der Waals surface area (Å²) in [5.74, 6) is 0.0317. The number of nitrogens with one attached hydrogen (secondary N) is 2. The van der Waals surface area contributed by atoms with Crippen molar-refractivity contribution in [3.05, 3.63) is 88.4 Å². The molecule has 306 valence electrons. The number of piperidine rings is 2. The van der Waals surface area contributed by atoms with E-state index in [2.05, 4.69) is 48.4 Å². The van der Waals surface area contributed by atoms with Crippen LogP contribution in [0.1, 0.15) is 71.2 Å². The fraction of sp³-hybridized carbons (Fsp3) is 0.489. The Bertz CT molecular complexity index is 1960. The third-order valence-corrected chi connectivity index (χ3v) is 13.2. The second-order valence-electron chi connectivity index (χ2n) is 16.4. The molecular formula is C45H55ClN8O4. The molecule has 4 saturated heterocycles. The number of nitriles is 1. The van der Waals surface area contributed by atoms with Crippen LogP contribution in [-0.4, -0.2) is 119 Å². The Balaban J connectivity index is 0.812. The van der Waals surface area contributed by atoms with E-state index in [0.29, 0.717) is 27.5 Å². The highest BCUT2D eigenvalue weighted by Gasteiger charge is 2.41. The van der Waals surface area contributed by atoms with Crippen LogP contribution in [0.3, 0.4) is 0 Å². The molecule has 1 spiro atoms. The number of aldehydes is 1. The molecule has 58 heavy (non-hydrogen) atoms. The van der Waals surface area contributed by atoms with Gasteiger partial charge in [0.2, 0.25) is 5.91 Å². The molecule has 4 aliphatic heterocycles. The van der Waals surface area contributed by atoms with E-state index in [1.165, 1.54) is 12.7 Å². The maximum Gasteiger partial charge on any atom is 0.253 e. The van der Waals surface area contributed by atoms with E-state index in [1.807, 2.05) is 47.4 Å². The largest absolute Gasteiger partial charge is 0.371 e. The second kappa shape index (κ2) is 18.6. The first-order chi connectivity index (χ1) is 28.2. The molecule has 0 bridgehead atoms. The maximum absolute atomic E-state index is 13.5. The van der Waals surface area contributed by atoms with E-state index in [-0.39, 0.29) is 30.6 Å². The van der Waals surface area contributed by atoms with Gasteiger partial charge in [-0.2, -0.15) is 5.26 Å². The molecule has 3 aromatic carbocycles. The van der Waals surface area contributed by atoms with Crippen molar-refractivity contribution >= 4 is 52.7 Å².